The fourth-order valence-corrected chi connectivity index (χ4v) is 2.53. The quantitative estimate of drug-likeness (QED) is 0.634. The number of hydrogen-bond donors (Lipinski definition) is 0. The predicted octanol–water partition coefficient (Wildman–Crippen LogP) is 1.97. The van der Waals surface area contributed by atoms with Crippen LogP contribution in [0, 0.1) is 0 Å². The minimum absolute atomic E-state index is 0.527. The molecule has 1 aliphatic rings. The summed E-state index contributed by atoms with van der Waals surface area (Å²) in [7, 11) is 0. The molecule has 1 rings (SSSR count). The molecule has 1 fully saturated rings. The van der Waals surface area contributed by atoms with Gasteiger partial charge in [0, 0.05) is 6.04 Å². The highest BCUT2D eigenvalue weighted by atomic mass is 32.2. The van der Waals surface area contributed by atoms with Crippen molar-refractivity contribution in [1.82, 2.24) is 9.80 Å². The summed E-state index contributed by atoms with van der Waals surface area (Å²) < 4.78 is 1.05. The summed E-state index contributed by atoms with van der Waals surface area (Å²) in [6.45, 7) is 8.67. The second-order valence-corrected chi connectivity index (χ2v) is 4.81. The lowest BCUT2D eigenvalue weighted by Gasteiger charge is -2.38. The summed E-state index contributed by atoms with van der Waals surface area (Å²) in [6.07, 6.45) is 0. The molecule has 2 nitrogen and oxygen atoms in total. The molecule has 70 valence electrons. The molecule has 4 heteroatoms. The van der Waals surface area contributed by atoms with Gasteiger partial charge in [-0.2, -0.15) is 0 Å². The molecule has 1 aliphatic heterocycles. The summed E-state index contributed by atoms with van der Waals surface area (Å²) >= 11 is 7.04. The van der Waals surface area contributed by atoms with Crippen LogP contribution in [0.5, 0.6) is 0 Å². The van der Waals surface area contributed by atoms with E-state index in [1.54, 1.807) is 11.8 Å². The van der Waals surface area contributed by atoms with Gasteiger partial charge in [0.15, 0.2) is 0 Å². The molecule has 1 saturated heterocycles. The summed E-state index contributed by atoms with van der Waals surface area (Å²) in [5.74, 6) is 1.05. The molecule has 0 atom stereocenters. The van der Waals surface area contributed by atoms with Crippen LogP contribution in [-0.2, 0) is 0 Å². The Hall–Kier alpha value is 0.200. The molecule has 0 unspecified atom stereocenters. The average Bonchev–Trinajstić information content (AvgIpc) is 2.05. The molecule has 0 aromatic heterocycles. The van der Waals surface area contributed by atoms with Gasteiger partial charge >= 0.3 is 0 Å². The molecule has 0 spiro atoms. The molecular weight excluding hydrogens is 188 g/mol. The van der Waals surface area contributed by atoms with E-state index >= 15 is 0 Å². The van der Waals surface area contributed by atoms with Gasteiger partial charge in [-0.05, 0) is 20.4 Å². The summed E-state index contributed by atoms with van der Waals surface area (Å²) in [5, 5.41) is 0. The highest BCUT2D eigenvalue weighted by Crippen LogP contribution is 2.20. The maximum atomic E-state index is 5.27. The van der Waals surface area contributed by atoms with Gasteiger partial charge in [-0.3, -0.25) is 4.90 Å². The zero-order valence-electron chi connectivity index (χ0n) is 7.91. The number of thiocarbonyl (C=S) groups is 1. The van der Waals surface area contributed by atoms with Crippen LogP contribution in [0.2, 0.25) is 0 Å². The molecule has 0 radical (unpaired) electrons. The lowest BCUT2D eigenvalue weighted by molar-refractivity contribution is 0.195. The molecule has 12 heavy (non-hydrogen) atoms. The first kappa shape index (κ1) is 10.3. The smallest absolute Gasteiger partial charge is 0.138 e. The zero-order valence-corrected chi connectivity index (χ0v) is 9.54. The van der Waals surface area contributed by atoms with Crippen molar-refractivity contribution >= 4 is 28.3 Å². The Balaban J connectivity index is 2.53. The van der Waals surface area contributed by atoms with Gasteiger partial charge in [0.2, 0.25) is 0 Å². The number of rotatable bonds is 2. The highest BCUT2D eigenvalue weighted by molar-refractivity contribution is 8.22. The normalized spacial score (nSPS) is 20.7. The Morgan fingerprint density at radius 1 is 1.58 bits per heavy atom. The number of thioether (sulfide) groups is 1. The van der Waals surface area contributed by atoms with Gasteiger partial charge < -0.3 is 4.90 Å². The van der Waals surface area contributed by atoms with Crippen LogP contribution in [0.3, 0.4) is 0 Å². The van der Waals surface area contributed by atoms with Gasteiger partial charge in [0.1, 0.15) is 4.32 Å². The minimum atomic E-state index is 0.527. The van der Waals surface area contributed by atoms with E-state index in [9.17, 15) is 0 Å². The van der Waals surface area contributed by atoms with Crippen LogP contribution in [0.1, 0.15) is 20.8 Å². The van der Waals surface area contributed by atoms with Crippen LogP contribution in [-0.4, -0.2) is 39.3 Å². The van der Waals surface area contributed by atoms with Crippen LogP contribution in [0.4, 0.5) is 0 Å². The largest absolute Gasteiger partial charge is 0.342 e. The van der Waals surface area contributed by atoms with E-state index in [0.717, 1.165) is 23.4 Å². The van der Waals surface area contributed by atoms with Crippen molar-refractivity contribution in [2.75, 3.05) is 19.1 Å². The highest BCUT2D eigenvalue weighted by Gasteiger charge is 2.21. The van der Waals surface area contributed by atoms with E-state index < -0.39 is 0 Å². The van der Waals surface area contributed by atoms with E-state index in [0.29, 0.717) is 6.04 Å². The van der Waals surface area contributed by atoms with Crippen molar-refractivity contribution in [1.29, 1.82) is 0 Å². The second-order valence-electron chi connectivity index (χ2n) is 3.23. The van der Waals surface area contributed by atoms with Gasteiger partial charge in [0.05, 0.1) is 12.5 Å². The Bertz CT molecular complexity index is 170. The average molecular weight is 204 g/mol. The standard InChI is InChI=1S/C8H16N2S2/c1-4-9-5-10(7(2)3)8(11)12-6-9/h7H,4-6H2,1-3H3. The Morgan fingerprint density at radius 2 is 2.25 bits per heavy atom. The van der Waals surface area contributed by atoms with Crippen molar-refractivity contribution < 1.29 is 0 Å². The van der Waals surface area contributed by atoms with Gasteiger partial charge in [-0.1, -0.05) is 30.9 Å². The van der Waals surface area contributed by atoms with E-state index in [2.05, 4.69) is 30.6 Å². The monoisotopic (exact) mass is 204 g/mol. The molecule has 0 N–H and O–H groups in total. The Morgan fingerprint density at radius 3 is 2.75 bits per heavy atom. The van der Waals surface area contributed by atoms with Gasteiger partial charge in [-0.15, -0.1) is 0 Å². The molecule has 0 aromatic rings. The van der Waals surface area contributed by atoms with Gasteiger partial charge in [-0.25, -0.2) is 0 Å². The number of nitrogens with zero attached hydrogens (tertiary/aromatic N) is 2. The lowest BCUT2D eigenvalue weighted by atomic mass is 10.3. The van der Waals surface area contributed by atoms with Crippen LogP contribution in [0.15, 0.2) is 0 Å². The van der Waals surface area contributed by atoms with E-state index in [-0.39, 0.29) is 0 Å². The Labute approximate surface area is 84.3 Å². The van der Waals surface area contributed by atoms with Crippen LogP contribution < -0.4 is 0 Å². The summed E-state index contributed by atoms with van der Waals surface area (Å²) in [6, 6.07) is 0.527. The maximum absolute atomic E-state index is 5.27. The third kappa shape index (κ3) is 2.34. The SMILES string of the molecule is CCN1CSC(=S)N(C(C)C)C1. The van der Waals surface area contributed by atoms with E-state index in [1.165, 1.54) is 0 Å². The van der Waals surface area contributed by atoms with Crippen molar-refractivity contribution in [3.63, 3.8) is 0 Å². The number of hydrogen-bond acceptors (Lipinski definition) is 3. The third-order valence-corrected chi connectivity index (χ3v) is 3.59. The maximum Gasteiger partial charge on any atom is 0.138 e. The van der Waals surface area contributed by atoms with Crippen molar-refractivity contribution in [2.45, 2.75) is 26.8 Å². The van der Waals surface area contributed by atoms with Crippen LogP contribution >= 0.6 is 24.0 Å². The van der Waals surface area contributed by atoms with Crippen molar-refractivity contribution in [3.05, 3.63) is 0 Å². The van der Waals surface area contributed by atoms with Crippen molar-refractivity contribution in [2.24, 2.45) is 0 Å². The fourth-order valence-electron chi connectivity index (χ4n) is 1.11. The van der Waals surface area contributed by atoms with Gasteiger partial charge in [0.25, 0.3) is 0 Å². The Kier molecular flexibility index (Phi) is 3.80. The molecular formula is C8H16N2S2. The third-order valence-electron chi connectivity index (χ3n) is 2.03. The first-order valence-electron chi connectivity index (χ1n) is 4.31. The fraction of sp³-hybridized carbons (Fsp3) is 0.875. The molecule has 0 amide bonds. The molecule has 0 saturated carbocycles. The van der Waals surface area contributed by atoms with E-state index in [4.69, 9.17) is 12.2 Å². The second kappa shape index (κ2) is 4.44. The molecule has 1 heterocycles. The molecule has 0 aliphatic carbocycles. The molecule has 0 bridgehead atoms. The van der Waals surface area contributed by atoms with Crippen LogP contribution in [0.25, 0.3) is 0 Å². The predicted molar refractivity (Wildman–Crippen MR) is 59.3 cm³/mol. The first-order valence-corrected chi connectivity index (χ1v) is 5.70. The first-order chi connectivity index (χ1) is 5.65. The van der Waals surface area contributed by atoms with E-state index in [1.807, 2.05) is 0 Å². The minimum Gasteiger partial charge on any atom is -0.342 e. The molecule has 0 aromatic carbocycles. The topological polar surface area (TPSA) is 6.48 Å². The lowest BCUT2D eigenvalue weighted by Crippen LogP contribution is -2.47. The summed E-state index contributed by atoms with van der Waals surface area (Å²) in [5.41, 5.74) is 0. The zero-order chi connectivity index (χ0) is 9.14. The summed E-state index contributed by atoms with van der Waals surface area (Å²) in [4.78, 5) is 4.66. The van der Waals surface area contributed by atoms with Crippen molar-refractivity contribution in [3.8, 4) is 0 Å².